The predicted molar refractivity (Wildman–Crippen MR) is 61.5 cm³/mol. The molecule has 2 unspecified atom stereocenters. The van der Waals surface area contributed by atoms with Crippen LogP contribution in [0.15, 0.2) is 36.5 Å². The maximum atomic E-state index is 5.65. The Morgan fingerprint density at radius 2 is 2.07 bits per heavy atom. The molecule has 0 N–H and O–H groups in total. The molecular formula is C11H12NOP. The maximum Gasteiger partial charge on any atom is 0.131 e. The lowest BCUT2D eigenvalue weighted by Gasteiger charge is -2.11. The minimum atomic E-state index is 0.112. The summed E-state index contributed by atoms with van der Waals surface area (Å²) in [6.07, 6.45) is 1.77. The fourth-order valence-corrected chi connectivity index (χ4v) is 1.52. The first kappa shape index (κ1) is 9.42. The molecule has 2 nitrogen and oxygen atoms in total. The van der Waals surface area contributed by atoms with E-state index in [0.717, 1.165) is 16.7 Å². The molecule has 0 saturated carbocycles. The number of para-hydroxylation sites is 1. The fourth-order valence-electron chi connectivity index (χ4n) is 1.37. The standard InChI is InChI=1S/C11H12NOP/c1-8(14)13-11-6-7-12-10-5-3-2-4-9(10)11/h2-8H,14H2,1H3. The van der Waals surface area contributed by atoms with Gasteiger partial charge in [-0.05, 0) is 25.1 Å². The Balaban J connectivity index is 2.53. The average Bonchev–Trinajstić information content (AvgIpc) is 2.18. The van der Waals surface area contributed by atoms with Crippen molar-refractivity contribution in [3.63, 3.8) is 0 Å². The highest BCUT2D eigenvalue weighted by atomic mass is 31.0. The molecule has 1 heterocycles. The van der Waals surface area contributed by atoms with Gasteiger partial charge >= 0.3 is 0 Å². The van der Waals surface area contributed by atoms with Crippen LogP contribution in [0.5, 0.6) is 5.75 Å². The highest BCUT2D eigenvalue weighted by Gasteiger charge is 2.03. The van der Waals surface area contributed by atoms with E-state index in [1.54, 1.807) is 6.20 Å². The second-order valence-electron chi connectivity index (χ2n) is 3.15. The number of ether oxygens (including phenoxy) is 1. The first-order chi connectivity index (χ1) is 6.77. The van der Waals surface area contributed by atoms with Crippen LogP contribution in [0.4, 0.5) is 0 Å². The Kier molecular flexibility index (Phi) is 2.64. The van der Waals surface area contributed by atoms with Crippen molar-refractivity contribution in [3.05, 3.63) is 36.5 Å². The van der Waals surface area contributed by atoms with Gasteiger partial charge < -0.3 is 4.74 Å². The van der Waals surface area contributed by atoms with Gasteiger partial charge in [-0.2, -0.15) is 0 Å². The van der Waals surface area contributed by atoms with E-state index >= 15 is 0 Å². The summed E-state index contributed by atoms with van der Waals surface area (Å²) < 4.78 is 5.65. The van der Waals surface area contributed by atoms with E-state index < -0.39 is 0 Å². The molecule has 3 heteroatoms. The van der Waals surface area contributed by atoms with Gasteiger partial charge in [0.15, 0.2) is 0 Å². The van der Waals surface area contributed by atoms with Crippen LogP contribution in [-0.4, -0.2) is 10.8 Å². The van der Waals surface area contributed by atoms with Crippen LogP contribution in [-0.2, 0) is 0 Å². The molecule has 2 rings (SSSR count). The van der Waals surface area contributed by atoms with Gasteiger partial charge in [0.1, 0.15) is 11.6 Å². The smallest absolute Gasteiger partial charge is 0.131 e. The summed E-state index contributed by atoms with van der Waals surface area (Å²) in [5.74, 6) is 0.999. The minimum Gasteiger partial charge on any atom is -0.486 e. The molecule has 0 fully saturated rings. The van der Waals surface area contributed by atoms with E-state index in [0.29, 0.717) is 0 Å². The van der Waals surface area contributed by atoms with Crippen LogP contribution in [0.3, 0.4) is 0 Å². The molecule has 1 aromatic carbocycles. The largest absolute Gasteiger partial charge is 0.486 e. The van der Waals surface area contributed by atoms with Crippen LogP contribution in [0, 0.1) is 0 Å². The SMILES string of the molecule is CC(P)Oc1ccnc2ccccc12. The number of aromatic nitrogens is 1. The highest BCUT2D eigenvalue weighted by Crippen LogP contribution is 2.24. The molecule has 0 radical (unpaired) electrons. The molecule has 2 atom stereocenters. The zero-order valence-corrected chi connectivity index (χ0v) is 9.13. The van der Waals surface area contributed by atoms with Gasteiger partial charge in [0, 0.05) is 11.6 Å². The van der Waals surface area contributed by atoms with E-state index in [2.05, 4.69) is 14.2 Å². The Bertz CT molecular complexity index is 437. The van der Waals surface area contributed by atoms with Crippen molar-refractivity contribution >= 4 is 20.1 Å². The zero-order chi connectivity index (χ0) is 9.97. The van der Waals surface area contributed by atoms with Gasteiger partial charge in [0.05, 0.1) is 5.52 Å². The second-order valence-corrected chi connectivity index (χ2v) is 4.09. The summed E-state index contributed by atoms with van der Waals surface area (Å²) in [7, 11) is 2.61. The van der Waals surface area contributed by atoms with Crippen molar-refractivity contribution in [2.24, 2.45) is 0 Å². The van der Waals surface area contributed by atoms with Crippen LogP contribution in [0.2, 0.25) is 0 Å². The lowest BCUT2D eigenvalue weighted by atomic mass is 10.2. The van der Waals surface area contributed by atoms with Crippen LogP contribution in [0.25, 0.3) is 10.9 Å². The molecule has 2 aromatic rings. The van der Waals surface area contributed by atoms with Crippen molar-refractivity contribution in [2.45, 2.75) is 12.8 Å². The Hall–Kier alpha value is -1.14. The molecule has 14 heavy (non-hydrogen) atoms. The molecule has 0 saturated heterocycles. The van der Waals surface area contributed by atoms with Gasteiger partial charge in [-0.25, -0.2) is 0 Å². The van der Waals surface area contributed by atoms with E-state index in [1.807, 2.05) is 37.3 Å². The molecular weight excluding hydrogens is 193 g/mol. The number of benzene rings is 1. The lowest BCUT2D eigenvalue weighted by Crippen LogP contribution is -2.02. The summed E-state index contributed by atoms with van der Waals surface area (Å²) in [6, 6.07) is 9.86. The molecule has 0 spiro atoms. The molecule has 72 valence electrons. The van der Waals surface area contributed by atoms with Crippen molar-refractivity contribution in [1.29, 1.82) is 0 Å². The quantitative estimate of drug-likeness (QED) is 0.703. The third-order valence-electron chi connectivity index (χ3n) is 1.92. The topological polar surface area (TPSA) is 22.1 Å². The van der Waals surface area contributed by atoms with Crippen molar-refractivity contribution < 1.29 is 4.74 Å². The summed E-state index contributed by atoms with van der Waals surface area (Å²) in [6.45, 7) is 1.99. The van der Waals surface area contributed by atoms with Crippen LogP contribution < -0.4 is 4.74 Å². The Labute approximate surface area is 85.5 Å². The fraction of sp³-hybridized carbons (Fsp3) is 0.182. The van der Waals surface area contributed by atoms with E-state index in [-0.39, 0.29) is 5.85 Å². The number of rotatable bonds is 2. The average molecular weight is 205 g/mol. The third kappa shape index (κ3) is 1.85. The first-order valence-corrected chi connectivity index (χ1v) is 5.20. The third-order valence-corrected chi connectivity index (χ3v) is 2.06. The summed E-state index contributed by atoms with van der Waals surface area (Å²) in [5.41, 5.74) is 0.968. The lowest BCUT2D eigenvalue weighted by molar-refractivity contribution is 0.310. The van der Waals surface area contributed by atoms with Gasteiger partial charge in [-0.15, -0.1) is 0 Å². The van der Waals surface area contributed by atoms with E-state index in [4.69, 9.17) is 4.74 Å². The van der Waals surface area contributed by atoms with Gasteiger partial charge in [-0.1, -0.05) is 21.4 Å². The highest BCUT2D eigenvalue weighted by molar-refractivity contribution is 7.17. The molecule has 0 aliphatic rings. The molecule has 1 aromatic heterocycles. The predicted octanol–water partition coefficient (Wildman–Crippen LogP) is 2.83. The molecule has 0 aliphatic heterocycles. The summed E-state index contributed by atoms with van der Waals surface area (Å²) in [5, 5.41) is 1.06. The van der Waals surface area contributed by atoms with Gasteiger partial charge in [0.25, 0.3) is 0 Å². The second kappa shape index (κ2) is 3.93. The number of pyridine rings is 1. The number of fused-ring (bicyclic) bond motifs is 1. The number of hydrogen-bond donors (Lipinski definition) is 0. The van der Waals surface area contributed by atoms with Crippen LogP contribution >= 0.6 is 9.24 Å². The van der Waals surface area contributed by atoms with Gasteiger partial charge in [0.2, 0.25) is 0 Å². The van der Waals surface area contributed by atoms with Gasteiger partial charge in [-0.3, -0.25) is 4.98 Å². The molecule has 0 aliphatic carbocycles. The van der Waals surface area contributed by atoms with Crippen molar-refractivity contribution in [2.75, 3.05) is 0 Å². The Morgan fingerprint density at radius 1 is 1.29 bits per heavy atom. The molecule has 0 amide bonds. The normalized spacial score (nSPS) is 12.7. The first-order valence-electron chi connectivity index (χ1n) is 4.53. The summed E-state index contributed by atoms with van der Waals surface area (Å²) >= 11 is 0. The molecule has 0 bridgehead atoms. The Morgan fingerprint density at radius 3 is 2.86 bits per heavy atom. The van der Waals surface area contributed by atoms with Crippen molar-refractivity contribution in [3.8, 4) is 5.75 Å². The number of hydrogen-bond acceptors (Lipinski definition) is 2. The zero-order valence-electron chi connectivity index (χ0n) is 7.97. The van der Waals surface area contributed by atoms with Crippen LogP contribution in [0.1, 0.15) is 6.92 Å². The minimum absolute atomic E-state index is 0.112. The van der Waals surface area contributed by atoms with E-state index in [9.17, 15) is 0 Å². The number of nitrogens with zero attached hydrogens (tertiary/aromatic N) is 1. The maximum absolute atomic E-state index is 5.65. The van der Waals surface area contributed by atoms with Crippen molar-refractivity contribution in [1.82, 2.24) is 4.98 Å². The monoisotopic (exact) mass is 205 g/mol. The summed E-state index contributed by atoms with van der Waals surface area (Å²) in [4.78, 5) is 4.26. The van der Waals surface area contributed by atoms with E-state index in [1.165, 1.54) is 0 Å².